The standard InChI is InChI=1S/C28H27N7O/c29-20-8-10-21(11-9-20)34-16-14-22(15-17-34)35-28-25(27(30)31-18-32-28)26(33-35)19-6-12-24(13-7-19)36-23-4-2-1-3-5-23/h1-13,18,22H,14-17,29H2,(H2,30,31,32). The number of hydrogen-bond donors (Lipinski definition) is 2. The van der Waals surface area contributed by atoms with Crippen LogP contribution in [0.15, 0.2) is 85.2 Å². The zero-order valence-corrected chi connectivity index (χ0v) is 19.8. The minimum atomic E-state index is 0.223. The van der Waals surface area contributed by atoms with Gasteiger partial charge in [-0.2, -0.15) is 5.10 Å². The van der Waals surface area contributed by atoms with Crippen molar-refractivity contribution in [3.8, 4) is 22.8 Å². The maximum absolute atomic E-state index is 6.33. The molecule has 0 saturated carbocycles. The molecule has 0 atom stereocenters. The molecule has 1 saturated heterocycles. The van der Waals surface area contributed by atoms with Crippen LogP contribution in [-0.2, 0) is 0 Å². The fourth-order valence-electron chi connectivity index (χ4n) is 4.81. The number of fused-ring (bicyclic) bond motifs is 1. The topological polar surface area (TPSA) is 108 Å². The van der Waals surface area contributed by atoms with Gasteiger partial charge in [-0.25, -0.2) is 14.6 Å². The number of piperidine rings is 1. The second kappa shape index (κ2) is 9.22. The van der Waals surface area contributed by atoms with E-state index in [0.29, 0.717) is 5.82 Å². The Morgan fingerprint density at radius 1 is 0.778 bits per heavy atom. The van der Waals surface area contributed by atoms with E-state index in [-0.39, 0.29) is 6.04 Å². The molecule has 0 unspecified atom stereocenters. The van der Waals surface area contributed by atoms with Gasteiger partial charge in [0.25, 0.3) is 0 Å². The number of hydrogen-bond acceptors (Lipinski definition) is 7. The zero-order valence-electron chi connectivity index (χ0n) is 19.8. The number of nitrogens with two attached hydrogens (primary N) is 2. The molecular weight excluding hydrogens is 450 g/mol. The summed E-state index contributed by atoms with van der Waals surface area (Å²) in [6.45, 7) is 1.86. The highest BCUT2D eigenvalue weighted by atomic mass is 16.5. The van der Waals surface area contributed by atoms with Crippen molar-refractivity contribution >= 4 is 28.2 Å². The SMILES string of the molecule is Nc1ccc(N2CCC(n3nc(-c4ccc(Oc5ccccc5)cc4)c4c(N)ncnc43)CC2)cc1. The third-order valence-electron chi connectivity index (χ3n) is 6.69. The Balaban J connectivity index is 1.27. The first kappa shape index (κ1) is 21.9. The van der Waals surface area contributed by atoms with Crippen molar-refractivity contribution in [2.45, 2.75) is 18.9 Å². The highest BCUT2D eigenvalue weighted by Crippen LogP contribution is 2.35. The Hall–Kier alpha value is -4.59. The zero-order chi connectivity index (χ0) is 24.5. The van der Waals surface area contributed by atoms with Gasteiger partial charge in [0, 0.05) is 30.0 Å². The van der Waals surface area contributed by atoms with E-state index in [9.17, 15) is 0 Å². The molecule has 3 heterocycles. The van der Waals surface area contributed by atoms with Crippen LogP contribution >= 0.6 is 0 Å². The lowest BCUT2D eigenvalue weighted by molar-refractivity contribution is 0.375. The molecule has 6 rings (SSSR count). The summed E-state index contributed by atoms with van der Waals surface area (Å²) < 4.78 is 7.99. The molecule has 1 aliphatic rings. The van der Waals surface area contributed by atoms with Gasteiger partial charge in [0.1, 0.15) is 29.3 Å². The Morgan fingerprint density at radius 3 is 2.19 bits per heavy atom. The van der Waals surface area contributed by atoms with Crippen molar-refractivity contribution < 1.29 is 4.74 Å². The second-order valence-electron chi connectivity index (χ2n) is 9.00. The van der Waals surface area contributed by atoms with Gasteiger partial charge >= 0.3 is 0 Å². The summed E-state index contributed by atoms with van der Waals surface area (Å²) in [6.07, 6.45) is 3.42. The molecule has 0 aliphatic carbocycles. The van der Waals surface area contributed by atoms with Crippen molar-refractivity contribution in [3.05, 3.63) is 85.2 Å². The molecule has 0 amide bonds. The molecule has 180 valence electrons. The Labute approximate surface area is 209 Å². The van der Waals surface area contributed by atoms with Crippen LogP contribution < -0.4 is 21.1 Å². The largest absolute Gasteiger partial charge is 0.457 e. The maximum atomic E-state index is 6.33. The molecule has 0 bridgehead atoms. The highest BCUT2D eigenvalue weighted by molar-refractivity contribution is 5.98. The first-order valence-corrected chi connectivity index (χ1v) is 12.1. The number of aromatic nitrogens is 4. The van der Waals surface area contributed by atoms with Crippen LogP contribution in [-0.4, -0.2) is 32.8 Å². The minimum absolute atomic E-state index is 0.223. The molecule has 8 heteroatoms. The summed E-state index contributed by atoms with van der Waals surface area (Å²) >= 11 is 0. The van der Waals surface area contributed by atoms with Crippen molar-refractivity contribution in [3.63, 3.8) is 0 Å². The molecule has 2 aromatic heterocycles. The molecule has 1 aliphatic heterocycles. The molecule has 8 nitrogen and oxygen atoms in total. The van der Waals surface area contributed by atoms with Gasteiger partial charge in [0.15, 0.2) is 5.65 Å². The van der Waals surface area contributed by atoms with Crippen LogP contribution in [0.3, 0.4) is 0 Å². The van der Waals surface area contributed by atoms with E-state index < -0.39 is 0 Å². The Morgan fingerprint density at radius 2 is 1.47 bits per heavy atom. The van der Waals surface area contributed by atoms with E-state index in [4.69, 9.17) is 21.3 Å². The lowest BCUT2D eigenvalue weighted by atomic mass is 10.0. The molecular formula is C28H27N7O. The van der Waals surface area contributed by atoms with E-state index in [1.54, 1.807) is 0 Å². The van der Waals surface area contributed by atoms with Gasteiger partial charge in [-0.3, -0.25) is 0 Å². The monoisotopic (exact) mass is 477 g/mol. The Kier molecular flexibility index (Phi) is 5.61. The van der Waals surface area contributed by atoms with Gasteiger partial charge in [0.2, 0.25) is 0 Å². The molecule has 0 spiro atoms. The molecule has 3 aromatic carbocycles. The van der Waals surface area contributed by atoms with Crippen LogP contribution in [0.25, 0.3) is 22.3 Å². The number of nitrogen functional groups attached to an aromatic ring is 2. The fourth-order valence-corrected chi connectivity index (χ4v) is 4.81. The van der Waals surface area contributed by atoms with Gasteiger partial charge in [-0.15, -0.1) is 0 Å². The summed E-state index contributed by atoms with van der Waals surface area (Å²) in [7, 11) is 0. The molecule has 4 N–H and O–H groups in total. The fraction of sp³-hybridized carbons (Fsp3) is 0.179. The number of nitrogens with zero attached hydrogens (tertiary/aromatic N) is 5. The number of para-hydroxylation sites is 1. The molecule has 36 heavy (non-hydrogen) atoms. The van der Waals surface area contributed by atoms with Crippen LogP contribution in [0.2, 0.25) is 0 Å². The summed E-state index contributed by atoms with van der Waals surface area (Å²) in [5.74, 6) is 1.99. The lowest BCUT2D eigenvalue weighted by Gasteiger charge is -2.33. The molecule has 0 radical (unpaired) electrons. The quantitative estimate of drug-likeness (QED) is 0.331. The average molecular weight is 478 g/mol. The van der Waals surface area contributed by atoms with Crippen molar-refractivity contribution in [1.82, 2.24) is 19.7 Å². The van der Waals surface area contributed by atoms with Gasteiger partial charge < -0.3 is 21.1 Å². The van der Waals surface area contributed by atoms with Crippen LogP contribution in [0, 0.1) is 0 Å². The van der Waals surface area contributed by atoms with Crippen molar-refractivity contribution in [1.29, 1.82) is 0 Å². The summed E-state index contributed by atoms with van der Waals surface area (Å²) in [4.78, 5) is 11.2. The normalized spacial score (nSPS) is 14.3. The molecule has 5 aromatic rings. The predicted molar refractivity (Wildman–Crippen MR) is 143 cm³/mol. The maximum Gasteiger partial charge on any atom is 0.164 e. The molecule has 1 fully saturated rings. The average Bonchev–Trinajstić information content (AvgIpc) is 3.31. The van der Waals surface area contributed by atoms with Crippen molar-refractivity contribution in [2.75, 3.05) is 29.5 Å². The highest BCUT2D eigenvalue weighted by Gasteiger charge is 2.26. The van der Waals surface area contributed by atoms with E-state index >= 15 is 0 Å². The minimum Gasteiger partial charge on any atom is -0.457 e. The smallest absolute Gasteiger partial charge is 0.164 e. The van der Waals surface area contributed by atoms with Crippen molar-refractivity contribution in [2.24, 2.45) is 0 Å². The number of benzene rings is 3. The third-order valence-corrected chi connectivity index (χ3v) is 6.69. The van der Waals surface area contributed by atoms with Gasteiger partial charge in [-0.1, -0.05) is 18.2 Å². The van der Waals surface area contributed by atoms with Gasteiger partial charge in [-0.05, 0) is 73.5 Å². The number of ether oxygens (including phenoxy) is 1. The van der Waals surface area contributed by atoms with E-state index in [2.05, 4.69) is 27.0 Å². The van der Waals surface area contributed by atoms with Gasteiger partial charge in [0.05, 0.1) is 11.4 Å². The van der Waals surface area contributed by atoms with Crippen LogP contribution in [0.4, 0.5) is 17.2 Å². The summed E-state index contributed by atoms with van der Waals surface area (Å²) in [6, 6.07) is 25.9. The third kappa shape index (κ3) is 4.17. The number of anilines is 3. The van der Waals surface area contributed by atoms with E-state index in [1.807, 2.05) is 71.4 Å². The summed E-state index contributed by atoms with van der Waals surface area (Å²) in [5.41, 5.74) is 16.7. The van der Waals surface area contributed by atoms with E-state index in [1.165, 1.54) is 12.0 Å². The second-order valence-corrected chi connectivity index (χ2v) is 9.00. The van der Waals surface area contributed by atoms with Crippen LogP contribution in [0.1, 0.15) is 18.9 Å². The summed E-state index contributed by atoms with van der Waals surface area (Å²) in [5, 5.41) is 5.81. The number of rotatable bonds is 5. The lowest BCUT2D eigenvalue weighted by Crippen LogP contribution is -2.35. The first-order valence-electron chi connectivity index (χ1n) is 12.1. The predicted octanol–water partition coefficient (Wildman–Crippen LogP) is 5.29. The first-order chi connectivity index (χ1) is 17.7. The Bertz CT molecular complexity index is 1470. The van der Waals surface area contributed by atoms with Crippen LogP contribution in [0.5, 0.6) is 11.5 Å². The van der Waals surface area contributed by atoms with E-state index in [0.717, 1.165) is 65.4 Å².